The Bertz CT molecular complexity index is 941. The van der Waals surface area contributed by atoms with Gasteiger partial charge < -0.3 is 14.8 Å². The molecule has 2 aliphatic heterocycles. The van der Waals surface area contributed by atoms with Crippen molar-refractivity contribution in [3.8, 4) is 0 Å². The van der Waals surface area contributed by atoms with Crippen LogP contribution in [0.5, 0.6) is 0 Å². The highest BCUT2D eigenvalue weighted by Crippen LogP contribution is 2.36. The Hall–Kier alpha value is -2.00. The molecule has 2 atom stereocenters. The Labute approximate surface area is 139 Å². The van der Waals surface area contributed by atoms with Crippen LogP contribution in [0.4, 0.5) is 5.69 Å². The molecule has 8 heteroatoms. The number of rotatable bonds is 4. The highest BCUT2D eigenvalue weighted by Gasteiger charge is 2.33. The van der Waals surface area contributed by atoms with E-state index in [4.69, 9.17) is 9.47 Å². The monoisotopic (exact) mass is 348 g/mol. The Morgan fingerprint density at radius 1 is 1.25 bits per heavy atom. The smallest absolute Gasteiger partial charge is 0.256 e. The SMILES string of the molecule is CO[C@H]1COC[C@@H]1NS(=O)(=O)c1ccc2c3c(cccc13)C(=O)N2. The van der Waals surface area contributed by atoms with Crippen molar-refractivity contribution >= 4 is 32.4 Å². The molecule has 0 spiro atoms. The summed E-state index contributed by atoms with van der Waals surface area (Å²) in [7, 11) is -2.26. The molecule has 0 bridgehead atoms. The number of ether oxygens (including phenoxy) is 2. The predicted molar refractivity (Wildman–Crippen MR) is 87.6 cm³/mol. The van der Waals surface area contributed by atoms with Crippen LogP contribution >= 0.6 is 0 Å². The third-order valence-corrected chi connectivity index (χ3v) is 5.97. The lowest BCUT2D eigenvalue weighted by Crippen LogP contribution is -2.43. The van der Waals surface area contributed by atoms with Crippen LogP contribution in [0, 0.1) is 0 Å². The lowest BCUT2D eigenvalue weighted by molar-refractivity contribution is 0.0761. The maximum Gasteiger partial charge on any atom is 0.256 e. The van der Waals surface area contributed by atoms with Crippen molar-refractivity contribution in [1.82, 2.24) is 4.72 Å². The normalized spacial score (nSPS) is 23.0. The number of carbonyl (C=O) groups excluding carboxylic acids is 1. The van der Waals surface area contributed by atoms with Gasteiger partial charge in [0.25, 0.3) is 5.91 Å². The van der Waals surface area contributed by atoms with Gasteiger partial charge in [-0.3, -0.25) is 4.79 Å². The fourth-order valence-electron chi connectivity index (χ4n) is 3.24. The molecular weight excluding hydrogens is 332 g/mol. The zero-order valence-corrected chi connectivity index (χ0v) is 13.7. The van der Waals surface area contributed by atoms with Gasteiger partial charge >= 0.3 is 0 Å². The quantitative estimate of drug-likeness (QED) is 0.863. The molecule has 1 amide bonds. The van der Waals surface area contributed by atoms with Crippen LogP contribution in [-0.4, -0.2) is 46.8 Å². The highest BCUT2D eigenvalue weighted by molar-refractivity contribution is 7.89. The molecule has 0 radical (unpaired) electrons. The minimum Gasteiger partial charge on any atom is -0.377 e. The Morgan fingerprint density at radius 3 is 2.88 bits per heavy atom. The molecule has 1 saturated heterocycles. The van der Waals surface area contributed by atoms with E-state index in [9.17, 15) is 13.2 Å². The summed E-state index contributed by atoms with van der Waals surface area (Å²) in [4.78, 5) is 12.1. The number of anilines is 1. The van der Waals surface area contributed by atoms with Gasteiger partial charge in [0.2, 0.25) is 10.0 Å². The Morgan fingerprint density at radius 2 is 2.08 bits per heavy atom. The first-order valence-electron chi connectivity index (χ1n) is 7.51. The average Bonchev–Trinajstić information content (AvgIpc) is 3.13. The molecule has 4 rings (SSSR count). The summed E-state index contributed by atoms with van der Waals surface area (Å²) >= 11 is 0. The van der Waals surface area contributed by atoms with Crippen LogP contribution in [0.2, 0.25) is 0 Å². The summed E-state index contributed by atoms with van der Waals surface area (Å²) in [6.45, 7) is 0.616. The van der Waals surface area contributed by atoms with Crippen molar-refractivity contribution in [1.29, 1.82) is 0 Å². The van der Waals surface area contributed by atoms with Crippen LogP contribution in [0.3, 0.4) is 0 Å². The number of amides is 1. The highest BCUT2D eigenvalue weighted by atomic mass is 32.2. The standard InChI is InChI=1S/C16H16N2O5S/c1-22-13-8-23-7-12(13)18-24(20,21)14-6-5-11-15-9(14)3-2-4-10(15)16(19)17-11/h2-6,12-13,18H,7-8H2,1H3,(H,17,19)/t12-,13-/m0/s1. The van der Waals surface area contributed by atoms with Crippen molar-refractivity contribution in [2.75, 3.05) is 25.6 Å². The van der Waals surface area contributed by atoms with Crippen molar-refractivity contribution in [3.05, 3.63) is 35.9 Å². The van der Waals surface area contributed by atoms with Gasteiger partial charge in [0.15, 0.2) is 0 Å². The van der Waals surface area contributed by atoms with Gasteiger partial charge in [0.05, 0.1) is 30.3 Å². The van der Waals surface area contributed by atoms with Crippen molar-refractivity contribution in [3.63, 3.8) is 0 Å². The minimum absolute atomic E-state index is 0.140. The zero-order chi connectivity index (χ0) is 16.9. The number of hydrogen-bond acceptors (Lipinski definition) is 5. The van der Waals surface area contributed by atoms with E-state index in [1.54, 1.807) is 24.3 Å². The Balaban J connectivity index is 1.80. The van der Waals surface area contributed by atoms with Crippen LogP contribution in [0.1, 0.15) is 10.4 Å². The topological polar surface area (TPSA) is 93.7 Å². The summed E-state index contributed by atoms with van der Waals surface area (Å²) in [6, 6.07) is 7.75. The van der Waals surface area contributed by atoms with Gasteiger partial charge in [-0.1, -0.05) is 12.1 Å². The van der Waals surface area contributed by atoms with Crippen molar-refractivity contribution < 1.29 is 22.7 Å². The number of sulfonamides is 1. The molecule has 24 heavy (non-hydrogen) atoms. The summed E-state index contributed by atoms with van der Waals surface area (Å²) in [5.74, 6) is -0.221. The van der Waals surface area contributed by atoms with Crippen LogP contribution in [0.15, 0.2) is 35.2 Å². The van der Waals surface area contributed by atoms with Crippen molar-refractivity contribution in [2.45, 2.75) is 17.0 Å². The second-order valence-electron chi connectivity index (χ2n) is 5.83. The Kier molecular flexibility index (Phi) is 3.57. The first-order valence-corrected chi connectivity index (χ1v) is 8.99. The lowest BCUT2D eigenvalue weighted by atomic mass is 10.1. The van der Waals surface area contributed by atoms with Gasteiger partial charge in [-0.15, -0.1) is 0 Å². The van der Waals surface area contributed by atoms with Gasteiger partial charge in [-0.05, 0) is 18.2 Å². The lowest BCUT2D eigenvalue weighted by Gasteiger charge is -2.18. The van der Waals surface area contributed by atoms with Gasteiger partial charge in [-0.25, -0.2) is 13.1 Å². The predicted octanol–water partition coefficient (Wildman–Crippen LogP) is 1.10. The number of benzene rings is 2. The molecule has 0 aromatic heterocycles. The van der Waals surface area contributed by atoms with Crippen LogP contribution < -0.4 is 10.0 Å². The summed E-state index contributed by atoms with van der Waals surface area (Å²) < 4.78 is 38.9. The van der Waals surface area contributed by atoms with Crippen LogP contribution in [0.25, 0.3) is 10.8 Å². The van der Waals surface area contributed by atoms with Gasteiger partial charge in [0, 0.05) is 29.1 Å². The summed E-state index contributed by atoms with van der Waals surface area (Å²) in [5.41, 5.74) is 1.11. The van der Waals surface area contributed by atoms with Gasteiger partial charge in [0.1, 0.15) is 0 Å². The van der Waals surface area contributed by atoms with Crippen LogP contribution in [-0.2, 0) is 19.5 Å². The van der Waals surface area contributed by atoms with Crippen molar-refractivity contribution in [2.24, 2.45) is 0 Å². The zero-order valence-electron chi connectivity index (χ0n) is 12.9. The molecule has 126 valence electrons. The molecule has 0 saturated carbocycles. The summed E-state index contributed by atoms with van der Waals surface area (Å²) in [5, 5.41) is 3.90. The van der Waals surface area contributed by atoms with E-state index < -0.39 is 16.1 Å². The fraction of sp³-hybridized carbons (Fsp3) is 0.312. The molecule has 2 N–H and O–H groups in total. The van der Waals surface area contributed by atoms with E-state index in [-0.39, 0.29) is 23.5 Å². The second-order valence-corrected chi connectivity index (χ2v) is 7.52. The molecule has 1 fully saturated rings. The number of carbonyl (C=O) groups is 1. The van der Waals surface area contributed by atoms with E-state index in [0.29, 0.717) is 28.6 Å². The molecule has 0 unspecified atom stereocenters. The average molecular weight is 348 g/mol. The number of nitrogens with one attached hydrogen (secondary N) is 2. The van der Waals surface area contributed by atoms with Gasteiger partial charge in [-0.2, -0.15) is 0 Å². The van der Waals surface area contributed by atoms with E-state index in [1.807, 2.05) is 0 Å². The third-order valence-electron chi connectivity index (χ3n) is 4.42. The number of methoxy groups -OCH3 is 1. The first kappa shape index (κ1) is 15.5. The number of hydrogen-bond donors (Lipinski definition) is 2. The van der Waals surface area contributed by atoms with E-state index in [2.05, 4.69) is 10.0 Å². The van der Waals surface area contributed by atoms with E-state index >= 15 is 0 Å². The molecule has 2 aliphatic rings. The molecule has 2 heterocycles. The van der Waals surface area contributed by atoms with E-state index in [1.165, 1.54) is 13.2 Å². The molecule has 2 aromatic rings. The first-order chi connectivity index (χ1) is 11.5. The molecular formula is C16H16N2O5S. The summed E-state index contributed by atoms with van der Waals surface area (Å²) in [6.07, 6.45) is -0.320. The minimum atomic E-state index is -3.79. The maximum atomic E-state index is 12.9. The molecule has 2 aromatic carbocycles. The molecule has 0 aliphatic carbocycles. The third kappa shape index (κ3) is 2.30. The second kappa shape index (κ2) is 5.52. The fourth-order valence-corrected chi connectivity index (χ4v) is 4.69. The van der Waals surface area contributed by atoms with E-state index in [0.717, 1.165) is 0 Å². The maximum absolute atomic E-state index is 12.9. The largest absolute Gasteiger partial charge is 0.377 e. The molecule has 7 nitrogen and oxygen atoms in total.